The van der Waals surface area contributed by atoms with Crippen molar-refractivity contribution in [1.82, 2.24) is 10.2 Å². The van der Waals surface area contributed by atoms with Gasteiger partial charge in [-0.15, -0.1) is 0 Å². The van der Waals surface area contributed by atoms with Gasteiger partial charge in [-0.3, -0.25) is 0 Å². The van der Waals surface area contributed by atoms with Gasteiger partial charge in [0.1, 0.15) is 0 Å². The Hall–Kier alpha value is -0.120. The highest BCUT2D eigenvalue weighted by Gasteiger charge is 2.25. The lowest BCUT2D eigenvalue weighted by molar-refractivity contribution is 0.0205. The predicted octanol–water partition coefficient (Wildman–Crippen LogP) is 1.20. The van der Waals surface area contributed by atoms with Crippen LogP contribution in [-0.4, -0.2) is 51.3 Å². The highest BCUT2D eigenvalue weighted by atomic mass is 16.5. The summed E-state index contributed by atoms with van der Waals surface area (Å²) in [7, 11) is 4.27. The molecule has 1 aliphatic rings. The lowest BCUT2D eigenvalue weighted by Crippen LogP contribution is -2.46. The van der Waals surface area contributed by atoms with Crippen LogP contribution in [0.1, 0.15) is 20.3 Å². The molecule has 0 spiro atoms. The Morgan fingerprint density at radius 2 is 2.20 bits per heavy atom. The van der Waals surface area contributed by atoms with Gasteiger partial charge in [-0.2, -0.15) is 0 Å². The molecule has 2 atom stereocenters. The molecule has 0 amide bonds. The highest BCUT2D eigenvalue weighted by molar-refractivity contribution is 4.80. The Bertz CT molecular complexity index is 173. The topological polar surface area (TPSA) is 24.5 Å². The Labute approximate surface area is 94.2 Å². The van der Waals surface area contributed by atoms with Crippen LogP contribution >= 0.6 is 0 Å². The quantitative estimate of drug-likeness (QED) is 0.744. The molecule has 1 rings (SSSR count). The van der Waals surface area contributed by atoms with E-state index in [0.29, 0.717) is 12.0 Å². The number of ether oxygens (including phenoxy) is 1. The van der Waals surface area contributed by atoms with Gasteiger partial charge in [0, 0.05) is 31.7 Å². The van der Waals surface area contributed by atoms with E-state index in [4.69, 9.17) is 4.74 Å². The molecular formula is C12H26N2O. The second-order valence-corrected chi connectivity index (χ2v) is 5.13. The van der Waals surface area contributed by atoms with Crippen molar-refractivity contribution in [3.05, 3.63) is 0 Å². The first-order valence-electron chi connectivity index (χ1n) is 6.07. The molecule has 2 unspecified atom stereocenters. The summed E-state index contributed by atoms with van der Waals surface area (Å²) in [6, 6.07) is 0.633. The average molecular weight is 214 g/mol. The molecule has 0 saturated carbocycles. The third-order valence-electron chi connectivity index (χ3n) is 3.07. The monoisotopic (exact) mass is 214 g/mol. The van der Waals surface area contributed by atoms with Gasteiger partial charge in [-0.1, -0.05) is 13.8 Å². The van der Waals surface area contributed by atoms with Crippen LogP contribution in [0.5, 0.6) is 0 Å². The van der Waals surface area contributed by atoms with Crippen molar-refractivity contribution >= 4 is 0 Å². The van der Waals surface area contributed by atoms with Crippen LogP contribution in [0.25, 0.3) is 0 Å². The maximum absolute atomic E-state index is 5.55. The smallest absolute Gasteiger partial charge is 0.0521 e. The van der Waals surface area contributed by atoms with Crippen molar-refractivity contribution in [2.24, 2.45) is 11.8 Å². The van der Waals surface area contributed by atoms with Gasteiger partial charge in [-0.05, 0) is 26.4 Å². The van der Waals surface area contributed by atoms with E-state index in [9.17, 15) is 0 Å². The largest absolute Gasteiger partial charge is 0.381 e. The fourth-order valence-electron chi connectivity index (χ4n) is 2.46. The Balaban J connectivity index is 2.33. The van der Waals surface area contributed by atoms with Crippen molar-refractivity contribution in [2.75, 3.05) is 40.4 Å². The zero-order chi connectivity index (χ0) is 11.3. The van der Waals surface area contributed by atoms with E-state index in [0.717, 1.165) is 32.1 Å². The van der Waals surface area contributed by atoms with Crippen LogP contribution in [-0.2, 0) is 4.74 Å². The van der Waals surface area contributed by atoms with Crippen molar-refractivity contribution in [2.45, 2.75) is 26.3 Å². The van der Waals surface area contributed by atoms with E-state index in [2.05, 4.69) is 38.2 Å². The summed E-state index contributed by atoms with van der Waals surface area (Å²) < 4.78 is 5.55. The molecule has 15 heavy (non-hydrogen) atoms. The number of nitrogens with one attached hydrogen (secondary N) is 1. The molecule has 0 bridgehead atoms. The van der Waals surface area contributed by atoms with E-state index in [-0.39, 0.29) is 0 Å². The molecule has 90 valence electrons. The zero-order valence-corrected chi connectivity index (χ0v) is 10.6. The normalized spacial score (nSPS) is 27.6. The van der Waals surface area contributed by atoms with Crippen LogP contribution in [0.15, 0.2) is 0 Å². The Morgan fingerprint density at radius 3 is 2.80 bits per heavy atom. The number of hydrogen-bond acceptors (Lipinski definition) is 3. The second-order valence-electron chi connectivity index (χ2n) is 5.13. The molecule has 1 heterocycles. The van der Waals surface area contributed by atoms with E-state index >= 15 is 0 Å². The van der Waals surface area contributed by atoms with Crippen molar-refractivity contribution in [3.8, 4) is 0 Å². The van der Waals surface area contributed by atoms with Crippen LogP contribution < -0.4 is 5.32 Å². The minimum absolute atomic E-state index is 0.633. The molecular weight excluding hydrogens is 188 g/mol. The third kappa shape index (κ3) is 4.49. The number of rotatable bonds is 5. The molecule has 0 radical (unpaired) electrons. The van der Waals surface area contributed by atoms with Crippen molar-refractivity contribution in [1.29, 1.82) is 0 Å². The highest BCUT2D eigenvalue weighted by Crippen LogP contribution is 2.15. The lowest BCUT2D eigenvalue weighted by Gasteiger charge is -2.34. The molecule has 3 nitrogen and oxygen atoms in total. The molecule has 0 aliphatic carbocycles. The Morgan fingerprint density at radius 1 is 1.47 bits per heavy atom. The summed E-state index contributed by atoms with van der Waals surface area (Å²) in [4.78, 5) is 2.42. The molecule has 1 N–H and O–H groups in total. The Kier molecular flexibility index (Phi) is 5.58. The zero-order valence-electron chi connectivity index (χ0n) is 10.6. The van der Waals surface area contributed by atoms with Gasteiger partial charge in [-0.25, -0.2) is 0 Å². The first-order valence-corrected chi connectivity index (χ1v) is 6.07. The SMILES string of the molecule is CNC1CCOCC1CN(C)CC(C)C. The van der Waals surface area contributed by atoms with Crippen molar-refractivity contribution in [3.63, 3.8) is 0 Å². The predicted molar refractivity (Wildman–Crippen MR) is 64.1 cm³/mol. The van der Waals surface area contributed by atoms with Gasteiger partial charge in [0.15, 0.2) is 0 Å². The molecule has 1 fully saturated rings. The van der Waals surface area contributed by atoms with Gasteiger partial charge in [0.25, 0.3) is 0 Å². The van der Waals surface area contributed by atoms with Crippen LogP contribution in [0.4, 0.5) is 0 Å². The van der Waals surface area contributed by atoms with Gasteiger partial charge in [0.2, 0.25) is 0 Å². The summed E-state index contributed by atoms with van der Waals surface area (Å²) in [5.41, 5.74) is 0. The first-order chi connectivity index (χ1) is 7.13. The summed E-state index contributed by atoms with van der Waals surface area (Å²) >= 11 is 0. The van der Waals surface area contributed by atoms with Crippen molar-refractivity contribution < 1.29 is 4.74 Å². The third-order valence-corrected chi connectivity index (χ3v) is 3.07. The van der Waals surface area contributed by atoms with Crippen LogP contribution in [0.2, 0.25) is 0 Å². The summed E-state index contributed by atoms with van der Waals surface area (Å²) in [5, 5.41) is 3.41. The van der Waals surface area contributed by atoms with Crippen LogP contribution in [0, 0.1) is 11.8 Å². The molecule has 1 saturated heterocycles. The van der Waals surface area contributed by atoms with Gasteiger partial charge in [0.05, 0.1) is 6.61 Å². The minimum Gasteiger partial charge on any atom is -0.381 e. The van der Waals surface area contributed by atoms with E-state index in [1.54, 1.807) is 0 Å². The lowest BCUT2D eigenvalue weighted by atomic mass is 9.95. The summed E-state index contributed by atoms with van der Waals surface area (Å²) in [5.74, 6) is 1.39. The number of hydrogen-bond donors (Lipinski definition) is 1. The number of nitrogens with zero attached hydrogens (tertiary/aromatic N) is 1. The van der Waals surface area contributed by atoms with E-state index in [1.165, 1.54) is 6.54 Å². The first kappa shape index (κ1) is 12.9. The minimum atomic E-state index is 0.633. The average Bonchev–Trinajstić information content (AvgIpc) is 2.17. The fraction of sp³-hybridized carbons (Fsp3) is 1.00. The fourth-order valence-corrected chi connectivity index (χ4v) is 2.46. The van der Waals surface area contributed by atoms with Gasteiger partial charge < -0.3 is 15.0 Å². The second kappa shape index (κ2) is 6.46. The van der Waals surface area contributed by atoms with E-state index < -0.39 is 0 Å². The maximum atomic E-state index is 5.55. The van der Waals surface area contributed by atoms with Crippen LogP contribution in [0.3, 0.4) is 0 Å². The maximum Gasteiger partial charge on any atom is 0.0521 e. The molecule has 1 aliphatic heterocycles. The molecule has 0 aromatic rings. The molecule has 0 aromatic heterocycles. The molecule has 3 heteroatoms. The summed E-state index contributed by atoms with van der Waals surface area (Å²) in [6.07, 6.45) is 1.15. The summed E-state index contributed by atoms with van der Waals surface area (Å²) in [6.45, 7) is 8.67. The molecule has 0 aromatic carbocycles. The van der Waals surface area contributed by atoms with E-state index in [1.807, 2.05) is 0 Å². The van der Waals surface area contributed by atoms with Gasteiger partial charge >= 0.3 is 0 Å². The standard InChI is InChI=1S/C12H26N2O/c1-10(2)7-14(4)8-11-9-15-6-5-12(11)13-3/h10-13H,5-9H2,1-4H3.